The molecule has 0 radical (unpaired) electrons. The molecular weight excluding hydrogens is 482 g/mol. The first-order valence-electron chi connectivity index (χ1n) is 13.1. The topological polar surface area (TPSA) is 108 Å². The molecule has 0 saturated carbocycles. The third kappa shape index (κ3) is 3.62. The van der Waals surface area contributed by atoms with Crippen molar-refractivity contribution in [2.24, 2.45) is 11.8 Å². The molecule has 0 aliphatic carbocycles. The van der Waals surface area contributed by atoms with Crippen molar-refractivity contribution >= 4 is 39.9 Å². The molecule has 196 valence electrons. The molecule has 8 heteroatoms. The molecule has 3 fully saturated rings. The molecule has 3 aliphatic heterocycles. The molecule has 3 saturated heterocycles. The summed E-state index contributed by atoms with van der Waals surface area (Å²) in [6.45, 7) is 3.26. The molecule has 3 aliphatic rings. The number of carbonyl (C=O) groups is 3. The summed E-state index contributed by atoms with van der Waals surface area (Å²) in [6.07, 6.45) is 1.02. The second-order valence-electron chi connectivity index (χ2n) is 10.9. The Morgan fingerprint density at radius 1 is 0.974 bits per heavy atom. The average Bonchev–Trinajstić information content (AvgIpc) is 3.49. The number of aliphatic hydroxyl groups excluding tert-OH is 1. The number of hydrogen-bond donors (Lipinski definition) is 3. The van der Waals surface area contributed by atoms with Crippen LogP contribution in [0.3, 0.4) is 0 Å². The lowest BCUT2D eigenvalue weighted by Gasteiger charge is -2.35. The number of anilines is 2. The summed E-state index contributed by atoms with van der Waals surface area (Å²) in [5.74, 6) is -2.61. The van der Waals surface area contributed by atoms with Crippen LogP contribution in [0.1, 0.15) is 26.7 Å². The molecule has 3 aromatic carbocycles. The average molecular weight is 514 g/mol. The molecule has 1 spiro atoms. The maximum absolute atomic E-state index is 14.0. The summed E-state index contributed by atoms with van der Waals surface area (Å²) in [7, 11) is 0. The Kier molecular flexibility index (Phi) is 5.77. The van der Waals surface area contributed by atoms with Gasteiger partial charge in [0, 0.05) is 11.4 Å². The third-order valence-electron chi connectivity index (χ3n) is 8.54. The minimum atomic E-state index is -1.16. The second kappa shape index (κ2) is 8.92. The summed E-state index contributed by atoms with van der Waals surface area (Å²) in [6, 6.07) is 21.0. The lowest BCUT2D eigenvalue weighted by molar-refractivity contribution is -0.146. The van der Waals surface area contributed by atoms with E-state index in [0.717, 1.165) is 10.8 Å². The molecule has 3 heterocycles. The number of nitrogens with one attached hydrogen (secondary N) is 2. The van der Waals surface area contributed by atoms with Crippen LogP contribution in [0.25, 0.3) is 10.8 Å². The van der Waals surface area contributed by atoms with Crippen molar-refractivity contribution in [2.75, 3.05) is 17.2 Å². The van der Waals surface area contributed by atoms with E-state index < -0.39 is 35.1 Å². The molecule has 0 aromatic heterocycles. The normalized spacial score (nSPS) is 30.3. The molecule has 3 amide bonds. The van der Waals surface area contributed by atoms with E-state index in [1.54, 1.807) is 19.1 Å². The summed E-state index contributed by atoms with van der Waals surface area (Å²) >= 11 is 0. The minimum absolute atomic E-state index is 0.300. The van der Waals surface area contributed by atoms with E-state index in [9.17, 15) is 19.5 Å². The van der Waals surface area contributed by atoms with Gasteiger partial charge in [0.25, 0.3) is 0 Å². The number of amides is 3. The Balaban J connectivity index is 1.36. The van der Waals surface area contributed by atoms with Gasteiger partial charge in [-0.05, 0) is 61.7 Å². The van der Waals surface area contributed by atoms with Crippen molar-refractivity contribution in [1.82, 2.24) is 4.90 Å². The van der Waals surface area contributed by atoms with Gasteiger partial charge < -0.3 is 25.4 Å². The highest BCUT2D eigenvalue weighted by Gasteiger charge is 2.78. The first-order chi connectivity index (χ1) is 18.3. The Morgan fingerprint density at radius 2 is 1.66 bits per heavy atom. The van der Waals surface area contributed by atoms with Crippen LogP contribution in [0.15, 0.2) is 72.8 Å². The molecule has 2 unspecified atom stereocenters. The SMILES string of the molecule is C[C@H](CO)N1C(=O)[C@@H]2[C@@H](C(=O)Nc3ccccc3)[C@@]3(C)CCC2(O3)C1C(=O)Nc1ccc2ccccc2c1. The van der Waals surface area contributed by atoms with E-state index in [1.807, 2.05) is 67.6 Å². The van der Waals surface area contributed by atoms with Crippen LogP contribution < -0.4 is 10.6 Å². The zero-order valence-electron chi connectivity index (χ0n) is 21.4. The van der Waals surface area contributed by atoms with E-state index in [0.29, 0.717) is 24.2 Å². The van der Waals surface area contributed by atoms with Crippen molar-refractivity contribution in [3.05, 3.63) is 72.8 Å². The maximum atomic E-state index is 14.0. The zero-order chi connectivity index (χ0) is 26.7. The van der Waals surface area contributed by atoms with Crippen LogP contribution in [0.4, 0.5) is 11.4 Å². The number of likely N-dealkylation sites (tertiary alicyclic amines) is 1. The van der Waals surface area contributed by atoms with Crippen molar-refractivity contribution in [2.45, 2.75) is 50.0 Å². The smallest absolute Gasteiger partial charge is 0.250 e. The predicted molar refractivity (Wildman–Crippen MR) is 143 cm³/mol. The largest absolute Gasteiger partial charge is 0.394 e. The van der Waals surface area contributed by atoms with Gasteiger partial charge in [-0.3, -0.25) is 14.4 Å². The highest BCUT2D eigenvalue weighted by Crippen LogP contribution is 2.63. The molecule has 6 atom stereocenters. The number of para-hydroxylation sites is 1. The van der Waals surface area contributed by atoms with Gasteiger partial charge in [0.2, 0.25) is 17.7 Å². The van der Waals surface area contributed by atoms with Gasteiger partial charge in [-0.2, -0.15) is 0 Å². The monoisotopic (exact) mass is 513 g/mol. The van der Waals surface area contributed by atoms with Crippen molar-refractivity contribution in [1.29, 1.82) is 0 Å². The zero-order valence-corrected chi connectivity index (χ0v) is 21.4. The van der Waals surface area contributed by atoms with Crippen molar-refractivity contribution in [3.8, 4) is 0 Å². The van der Waals surface area contributed by atoms with Gasteiger partial charge in [-0.25, -0.2) is 0 Å². The summed E-state index contributed by atoms with van der Waals surface area (Å²) < 4.78 is 6.61. The molecule has 2 bridgehead atoms. The Bertz CT molecular complexity index is 1430. The van der Waals surface area contributed by atoms with E-state index in [2.05, 4.69) is 10.6 Å². The Hall–Kier alpha value is -3.75. The van der Waals surface area contributed by atoms with Crippen LogP contribution in [0.5, 0.6) is 0 Å². The Morgan fingerprint density at radius 3 is 2.39 bits per heavy atom. The van der Waals surface area contributed by atoms with E-state index in [1.165, 1.54) is 4.90 Å². The summed E-state index contributed by atoms with van der Waals surface area (Å²) in [5, 5.41) is 18.0. The fourth-order valence-electron chi connectivity index (χ4n) is 6.85. The third-order valence-corrected chi connectivity index (χ3v) is 8.54. The van der Waals surface area contributed by atoms with E-state index >= 15 is 0 Å². The lowest BCUT2D eigenvalue weighted by Crippen LogP contribution is -2.55. The van der Waals surface area contributed by atoms with Gasteiger partial charge in [0.1, 0.15) is 11.6 Å². The fourth-order valence-corrected chi connectivity index (χ4v) is 6.85. The number of hydrogen-bond acceptors (Lipinski definition) is 5. The number of nitrogens with zero attached hydrogens (tertiary/aromatic N) is 1. The quantitative estimate of drug-likeness (QED) is 0.467. The fraction of sp³-hybridized carbons (Fsp3) is 0.367. The van der Waals surface area contributed by atoms with Crippen LogP contribution in [0.2, 0.25) is 0 Å². The van der Waals surface area contributed by atoms with Gasteiger partial charge in [-0.1, -0.05) is 48.5 Å². The van der Waals surface area contributed by atoms with Gasteiger partial charge in [0.15, 0.2) is 0 Å². The van der Waals surface area contributed by atoms with Gasteiger partial charge >= 0.3 is 0 Å². The summed E-state index contributed by atoms with van der Waals surface area (Å²) in [5.41, 5.74) is -0.798. The molecular formula is C30H31N3O5. The molecule has 6 rings (SSSR count). The van der Waals surface area contributed by atoms with E-state index in [-0.39, 0.29) is 24.3 Å². The van der Waals surface area contributed by atoms with Crippen molar-refractivity contribution < 1.29 is 24.2 Å². The number of aliphatic hydroxyl groups is 1. The van der Waals surface area contributed by atoms with Crippen molar-refractivity contribution in [3.63, 3.8) is 0 Å². The number of fused-ring (bicyclic) bond motifs is 2. The maximum Gasteiger partial charge on any atom is 0.250 e. The highest BCUT2D eigenvalue weighted by molar-refractivity contribution is 6.06. The lowest BCUT2D eigenvalue weighted by atomic mass is 9.66. The number of carbonyl (C=O) groups excluding carboxylic acids is 3. The van der Waals surface area contributed by atoms with Crippen LogP contribution in [0, 0.1) is 11.8 Å². The van der Waals surface area contributed by atoms with Crippen LogP contribution >= 0.6 is 0 Å². The summed E-state index contributed by atoms with van der Waals surface area (Å²) in [4.78, 5) is 43.0. The molecule has 3 aromatic rings. The number of ether oxygens (including phenoxy) is 1. The van der Waals surface area contributed by atoms with E-state index in [4.69, 9.17) is 4.74 Å². The van der Waals surface area contributed by atoms with Gasteiger partial charge in [-0.15, -0.1) is 0 Å². The Labute approximate surface area is 221 Å². The number of rotatable bonds is 6. The molecule has 38 heavy (non-hydrogen) atoms. The first-order valence-corrected chi connectivity index (χ1v) is 13.1. The van der Waals surface area contributed by atoms with Gasteiger partial charge in [0.05, 0.1) is 30.1 Å². The highest BCUT2D eigenvalue weighted by atomic mass is 16.5. The van der Waals surface area contributed by atoms with Crippen LogP contribution in [-0.4, -0.2) is 57.6 Å². The molecule has 8 nitrogen and oxygen atoms in total. The predicted octanol–water partition coefficient (Wildman–Crippen LogP) is 3.56. The first kappa shape index (κ1) is 24.6. The van der Waals surface area contributed by atoms with Crippen LogP contribution in [-0.2, 0) is 19.1 Å². The second-order valence-corrected chi connectivity index (χ2v) is 10.9. The minimum Gasteiger partial charge on any atom is -0.394 e. The molecule has 3 N–H and O–H groups in total. The standard InChI is InChI=1S/C30H31N3O5/c1-18(17-34)33-25(27(36)32-22-13-12-19-8-6-7-9-20(19)16-22)30-15-14-29(2,38-30)23(24(30)28(33)37)26(35)31-21-10-4-3-5-11-21/h3-13,16,18,23-25,34H,14-15,17H2,1-2H3,(H,31,35)(H,32,36)/t18-,23+,24+,25?,29-,30?/m1/s1. The number of benzene rings is 3.